The van der Waals surface area contributed by atoms with Gasteiger partial charge in [0, 0.05) is 0 Å². The Labute approximate surface area is 103 Å². The van der Waals surface area contributed by atoms with Crippen LogP contribution < -0.4 is 10.6 Å². The minimum atomic E-state index is -0.109. The molecule has 0 unspecified atom stereocenters. The summed E-state index contributed by atoms with van der Waals surface area (Å²) in [5, 5.41) is 12.3. The summed E-state index contributed by atoms with van der Waals surface area (Å²) in [5.41, 5.74) is 0.977. The van der Waals surface area contributed by atoms with Crippen molar-refractivity contribution in [2.45, 2.75) is 13.3 Å². The van der Waals surface area contributed by atoms with Crippen molar-refractivity contribution in [1.29, 1.82) is 0 Å². The van der Waals surface area contributed by atoms with Gasteiger partial charge in [-0.2, -0.15) is 5.10 Å². The molecule has 0 aromatic carbocycles. The molecule has 5 nitrogen and oxygen atoms in total. The molecule has 0 atom stereocenters. The lowest BCUT2D eigenvalue weighted by Crippen LogP contribution is -2.25. The van der Waals surface area contributed by atoms with Crippen molar-refractivity contribution in [3.05, 3.63) is 10.2 Å². The summed E-state index contributed by atoms with van der Waals surface area (Å²) in [6.07, 6.45) is 0.843. The van der Waals surface area contributed by atoms with E-state index >= 15 is 0 Å². The molecule has 1 rings (SSSR count). The van der Waals surface area contributed by atoms with Crippen LogP contribution in [0.5, 0.6) is 0 Å². The predicted octanol–water partition coefficient (Wildman–Crippen LogP) is 1.31. The van der Waals surface area contributed by atoms with Gasteiger partial charge in [-0.1, -0.05) is 6.92 Å². The van der Waals surface area contributed by atoms with Crippen molar-refractivity contribution in [1.82, 2.24) is 15.5 Å². The number of aromatic amines is 1. The van der Waals surface area contributed by atoms with E-state index in [1.807, 2.05) is 6.92 Å². The summed E-state index contributed by atoms with van der Waals surface area (Å²) in [5.74, 6) is 0.435. The molecule has 7 heteroatoms. The van der Waals surface area contributed by atoms with E-state index in [-0.39, 0.29) is 24.9 Å². The van der Waals surface area contributed by atoms with Gasteiger partial charge in [-0.15, -0.1) is 12.4 Å². The summed E-state index contributed by atoms with van der Waals surface area (Å²) in [6, 6.07) is 0. The van der Waals surface area contributed by atoms with E-state index in [2.05, 4.69) is 36.8 Å². The fourth-order valence-electron chi connectivity index (χ4n) is 1.02. The Morgan fingerprint density at radius 3 is 2.73 bits per heavy atom. The van der Waals surface area contributed by atoms with Gasteiger partial charge in [-0.05, 0) is 29.4 Å². The number of hydrogen-bond acceptors (Lipinski definition) is 3. The zero-order valence-electron chi connectivity index (χ0n) is 8.56. The molecule has 0 saturated carbocycles. The maximum atomic E-state index is 11.2. The summed E-state index contributed by atoms with van der Waals surface area (Å²) >= 11 is 3.36. The highest BCUT2D eigenvalue weighted by Crippen LogP contribution is 2.23. The number of halogens is 2. The number of rotatable bonds is 4. The van der Waals surface area contributed by atoms with Crippen LogP contribution >= 0.6 is 28.3 Å². The van der Waals surface area contributed by atoms with Gasteiger partial charge in [0.05, 0.1) is 16.7 Å². The fraction of sp³-hybridized carbons (Fsp3) is 0.500. The first-order valence-corrected chi connectivity index (χ1v) is 5.15. The third kappa shape index (κ3) is 3.81. The smallest absolute Gasteiger partial charge is 0.239 e. The number of amides is 1. The van der Waals surface area contributed by atoms with E-state index in [1.54, 1.807) is 7.05 Å². The molecule has 0 radical (unpaired) electrons. The van der Waals surface area contributed by atoms with Crippen LogP contribution in [0.15, 0.2) is 4.47 Å². The average Bonchev–Trinajstić information content (AvgIpc) is 2.48. The SMILES string of the molecule is CCc1[nH]nc(NC(=O)CNC)c1Br.Cl. The Balaban J connectivity index is 0.00000196. The van der Waals surface area contributed by atoms with Crippen molar-refractivity contribution in [3.8, 4) is 0 Å². The number of carbonyl (C=O) groups excluding carboxylic acids is 1. The lowest BCUT2D eigenvalue weighted by molar-refractivity contribution is -0.115. The fourth-order valence-corrected chi connectivity index (χ4v) is 1.58. The van der Waals surface area contributed by atoms with Gasteiger partial charge in [-0.3, -0.25) is 9.89 Å². The van der Waals surface area contributed by atoms with Gasteiger partial charge in [0.15, 0.2) is 5.82 Å². The molecule has 3 N–H and O–H groups in total. The molecule has 1 aromatic heterocycles. The summed E-state index contributed by atoms with van der Waals surface area (Å²) in [7, 11) is 1.72. The first-order chi connectivity index (χ1) is 6.69. The zero-order chi connectivity index (χ0) is 10.6. The van der Waals surface area contributed by atoms with Gasteiger partial charge in [0.25, 0.3) is 0 Å². The Bertz CT molecular complexity index is 328. The average molecular weight is 298 g/mol. The molecule has 0 aliphatic heterocycles. The molecule has 1 heterocycles. The predicted molar refractivity (Wildman–Crippen MR) is 65.5 cm³/mol. The highest BCUT2D eigenvalue weighted by molar-refractivity contribution is 9.10. The maximum Gasteiger partial charge on any atom is 0.239 e. The molecule has 0 bridgehead atoms. The van der Waals surface area contributed by atoms with E-state index in [4.69, 9.17) is 0 Å². The van der Waals surface area contributed by atoms with Crippen molar-refractivity contribution < 1.29 is 4.79 Å². The van der Waals surface area contributed by atoms with E-state index < -0.39 is 0 Å². The summed E-state index contributed by atoms with van der Waals surface area (Å²) in [6.45, 7) is 2.29. The zero-order valence-corrected chi connectivity index (χ0v) is 11.0. The highest BCUT2D eigenvalue weighted by Gasteiger charge is 2.10. The third-order valence-electron chi connectivity index (χ3n) is 1.72. The second-order valence-corrected chi connectivity index (χ2v) is 3.59. The number of H-pyrrole nitrogens is 1. The van der Waals surface area contributed by atoms with Gasteiger partial charge < -0.3 is 10.6 Å². The van der Waals surface area contributed by atoms with Gasteiger partial charge >= 0.3 is 0 Å². The van der Waals surface area contributed by atoms with E-state index in [1.165, 1.54) is 0 Å². The second-order valence-electron chi connectivity index (χ2n) is 2.80. The van der Waals surface area contributed by atoms with Gasteiger partial charge in [0.1, 0.15) is 0 Å². The minimum absolute atomic E-state index is 0. The lowest BCUT2D eigenvalue weighted by Gasteiger charge is -2.00. The molecule has 0 aliphatic rings. The number of anilines is 1. The van der Waals surface area contributed by atoms with Crippen LogP contribution in [0.1, 0.15) is 12.6 Å². The van der Waals surface area contributed by atoms with Crippen LogP contribution in [0.25, 0.3) is 0 Å². The van der Waals surface area contributed by atoms with E-state index in [9.17, 15) is 4.79 Å². The number of hydrogen-bond donors (Lipinski definition) is 3. The van der Waals surface area contributed by atoms with Crippen LogP contribution in [0.4, 0.5) is 5.82 Å². The topological polar surface area (TPSA) is 69.8 Å². The molecule has 0 fully saturated rings. The molecule has 0 saturated heterocycles. The number of nitrogens with zero attached hydrogens (tertiary/aromatic N) is 1. The number of likely N-dealkylation sites (N-methyl/N-ethyl adjacent to an activating group) is 1. The standard InChI is InChI=1S/C8H13BrN4O.ClH/c1-3-5-7(9)8(13-12-5)11-6(14)4-10-2;/h10H,3-4H2,1-2H3,(H2,11,12,13,14);1H. The minimum Gasteiger partial charge on any atom is -0.311 e. The monoisotopic (exact) mass is 296 g/mol. The Morgan fingerprint density at radius 1 is 1.60 bits per heavy atom. The Morgan fingerprint density at radius 2 is 2.27 bits per heavy atom. The van der Waals surface area contributed by atoms with Crippen LogP contribution in [-0.2, 0) is 11.2 Å². The van der Waals surface area contributed by atoms with Crippen LogP contribution in [0, 0.1) is 0 Å². The van der Waals surface area contributed by atoms with Crippen molar-refractivity contribution in [2.24, 2.45) is 0 Å². The maximum absolute atomic E-state index is 11.2. The van der Waals surface area contributed by atoms with Gasteiger partial charge in [-0.25, -0.2) is 0 Å². The molecular weight excluding hydrogens is 283 g/mol. The molecule has 1 aromatic rings. The molecule has 0 aliphatic carbocycles. The Hall–Kier alpha value is -0.590. The second kappa shape index (κ2) is 6.81. The van der Waals surface area contributed by atoms with Gasteiger partial charge in [0.2, 0.25) is 5.91 Å². The first kappa shape index (κ1) is 14.4. The van der Waals surface area contributed by atoms with Crippen LogP contribution in [0.2, 0.25) is 0 Å². The summed E-state index contributed by atoms with van der Waals surface area (Å²) < 4.78 is 0.824. The first-order valence-electron chi connectivity index (χ1n) is 4.36. The van der Waals surface area contributed by atoms with Crippen LogP contribution in [-0.4, -0.2) is 29.7 Å². The van der Waals surface area contributed by atoms with Crippen molar-refractivity contribution in [3.63, 3.8) is 0 Å². The highest BCUT2D eigenvalue weighted by atomic mass is 79.9. The lowest BCUT2D eigenvalue weighted by atomic mass is 10.3. The normalized spacial score (nSPS) is 9.53. The van der Waals surface area contributed by atoms with E-state index in [0.29, 0.717) is 5.82 Å². The quantitative estimate of drug-likeness (QED) is 0.785. The van der Waals surface area contributed by atoms with Crippen molar-refractivity contribution >= 4 is 40.1 Å². The Kier molecular flexibility index (Phi) is 6.55. The van der Waals surface area contributed by atoms with Crippen LogP contribution in [0.3, 0.4) is 0 Å². The molecule has 0 spiro atoms. The summed E-state index contributed by atoms with van der Waals surface area (Å²) in [4.78, 5) is 11.2. The number of aromatic nitrogens is 2. The molecule has 15 heavy (non-hydrogen) atoms. The molecular formula is C8H14BrClN4O. The number of nitrogens with one attached hydrogen (secondary N) is 3. The number of aryl methyl sites for hydroxylation is 1. The number of carbonyl (C=O) groups is 1. The van der Waals surface area contributed by atoms with Crippen molar-refractivity contribution in [2.75, 3.05) is 18.9 Å². The largest absolute Gasteiger partial charge is 0.311 e. The van der Waals surface area contributed by atoms with E-state index in [0.717, 1.165) is 16.6 Å². The molecule has 86 valence electrons. The molecule has 1 amide bonds. The third-order valence-corrected chi connectivity index (χ3v) is 2.58.